The number of nitriles is 2. The highest BCUT2D eigenvalue weighted by Crippen LogP contribution is 2.28. The summed E-state index contributed by atoms with van der Waals surface area (Å²) in [6.07, 6.45) is 0.610. The molecule has 25 heavy (non-hydrogen) atoms. The smallest absolute Gasteiger partial charge is 0.228 e. The Hall–Kier alpha value is -2.86. The Kier molecular flexibility index (Phi) is 6.14. The number of aryl methyl sites for hydroxylation is 2. The third-order valence-electron chi connectivity index (χ3n) is 4.58. The molecule has 1 aromatic rings. The molecule has 1 heterocycles. The van der Waals surface area contributed by atoms with Crippen LogP contribution in [0.15, 0.2) is 18.2 Å². The normalized spacial score (nSPS) is 16.4. The molecule has 0 aliphatic carbocycles. The number of benzene rings is 1. The number of rotatable bonds is 6. The fourth-order valence-corrected chi connectivity index (χ4v) is 2.98. The zero-order valence-electron chi connectivity index (χ0n) is 14.7. The van der Waals surface area contributed by atoms with E-state index in [1.54, 1.807) is 4.90 Å². The summed E-state index contributed by atoms with van der Waals surface area (Å²) in [4.78, 5) is 28.3. The van der Waals surface area contributed by atoms with Crippen LogP contribution < -0.4 is 4.90 Å². The standard InChI is InChI=1S/C19H22N4O2/c1-14-5-6-17(11-15(14)2)23-13-16(12-18(23)24)19(25)22(9-3-7-20)10-4-8-21/h5-6,11,16H,3-4,9-10,12-13H2,1-2H3. The van der Waals surface area contributed by atoms with Crippen molar-refractivity contribution in [3.8, 4) is 12.1 Å². The van der Waals surface area contributed by atoms with Crippen molar-refractivity contribution >= 4 is 17.5 Å². The van der Waals surface area contributed by atoms with Crippen molar-refractivity contribution in [3.63, 3.8) is 0 Å². The quantitative estimate of drug-likeness (QED) is 0.796. The number of anilines is 1. The Balaban J connectivity index is 2.11. The Labute approximate surface area is 148 Å². The van der Waals surface area contributed by atoms with Crippen LogP contribution in [0.1, 0.15) is 30.4 Å². The molecular weight excluding hydrogens is 316 g/mol. The van der Waals surface area contributed by atoms with E-state index in [1.807, 2.05) is 44.2 Å². The maximum absolute atomic E-state index is 12.7. The second-order valence-electron chi connectivity index (χ2n) is 6.32. The van der Waals surface area contributed by atoms with Crippen LogP contribution in [0.3, 0.4) is 0 Å². The summed E-state index contributed by atoms with van der Waals surface area (Å²) in [6.45, 7) is 4.94. The molecule has 2 rings (SSSR count). The Bertz CT molecular complexity index is 727. The fourth-order valence-electron chi connectivity index (χ4n) is 2.98. The van der Waals surface area contributed by atoms with Crippen molar-refractivity contribution in [1.82, 2.24) is 4.90 Å². The molecule has 1 aromatic carbocycles. The fraction of sp³-hybridized carbons (Fsp3) is 0.474. The Morgan fingerprint density at radius 1 is 1.20 bits per heavy atom. The molecule has 1 fully saturated rings. The molecule has 1 aliphatic heterocycles. The first kappa shape index (κ1) is 18.5. The van der Waals surface area contributed by atoms with Gasteiger partial charge in [0.1, 0.15) is 0 Å². The second-order valence-corrected chi connectivity index (χ2v) is 6.32. The number of nitrogens with zero attached hydrogens (tertiary/aromatic N) is 4. The molecule has 130 valence electrons. The van der Waals surface area contributed by atoms with Crippen molar-refractivity contribution in [2.45, 2.75) is 33.1 Å². The largest absolute Gasteiger partial charge is 0.340 e. The molecule has 6 heteroatoms. The highest BCUT2D eigenvalue weighted by molar-refractivity contribution is 6.00. The maximum Gasteiger partial charge on any atom is 0.228 e. The molecule has 1 saturated heterocycles. The van der Waals surface area contributed by atoms with Gasteiger partial charge < -0.3 is 9.80 Å². The SMILES string of the molecule is Cc1ccc(N2CC(C(=O)N(CCC#N)CCC#N)CC2=O)cc1C. The van der Waals surface area contributed by atoms with E-state index in [4.69, 9.17) is 10.5 Å². The van der Waals surface area contributed by atoms with Gasteiger partial charge in [0.15, 0.2) is 0 Å². The summed E-state index contributed by atoms with van der Waals surface area (Å²) >= 11 is 0. The highest BCUT2D eigenvalue weighted by atomic mass is 16.2. The summed E-state index contributed by atoms with van der Waals surface area (Å²) in [5, 5.41) is 17.5. The van der Waals surface area contributed by atoms with E-state index in [-0.39, 0.29) is 31.1 Å². The van der Waals surface area contributed by atoms with Crippen molar-refractivity contribution in [3.05, 3.63) is 29.3 Å². The lowest BCUT2D eigenvalue weighted by Crippen LogP contribution is -2.38. The van der Waals surface area contributed by atoms with Gasteiger partial charge in [0.05, 0.1) is 30.9 Å². The monoisotopic (exact) mass is 338 g/mol. The van der Waals surface area contributed by atoms with Gasteiger partial charge in [-0.25, -0.2) is 0 Å². The van der Waals surface area contributed by atoms with Crippen molar-refractivity contribution < 1.29 is 9.59 Å². The Morgan fingerprint density at radius 3 is 2.40 bits per heavy atom. The van der Waals surface area contributed by atoms with E-state index in [9.17, 15) is 9.59 Å². The van der Waals surface area contributed by atoms with Crippen LogP contribution in [0.2, 0.25) is 0 Å². The number of amides is 2. The first-order valence-electron chi connectivity index (χ1n) is 8.38. The lowest BCUT2D eigenvalue weighted by atomic mass is 10.1. The van der Waals surface area contributed by atoms with E-state index >= 15 is 0 Å². The molecule has 1 atom stereocenters. The van der Waals surface area contributed by atoms with Crippen LogP contribution in [0.25, 0.3) is 0 Å². The van der Waals surface area contributed by atoms with E-state index in [1.165, 1.54) is 4.90 Å². The molecule has 0 bridgehead atoms. The summed E-state index contributed by atoms with van der Waals surface area (Å²) in [7, 11) is 0. The van der Waals surface area contributed by atoms with Gasteiger partial charge in [-0.1, -0.05) is 6.07 Å². The number of hydrogen-bond acceptors (Lipinski definition) is 4. The van der Waals surface area contributed by atoms with Gasteiger partial charge in [-0.2, -0.15) is 10.5 Å². The van der Waals surface area contributed by atoms with Crippen LogP contribution in [0.4, 0.5) is 5.69 Å². The minimum absolute atomic E-state index is 0.0675. The molecule has 0 spiro atoms. The maximum atomic E-state index is 12.7. The minimum Gasteiger partial charge on any atom is -0.340 e. The molecule has 1 unspecified atom stereocenters. The van der Waals surface area contributed by atoms with Crippen LogP contribution in [-0.2, 0) is 9.59 Å². The number of carbonyl (C=O) groups excluding carboxylic acids is 2. The van der Waals surface area contributed by atoms with Crippen LogP contribution in [-0.4, -0.2) is 36.3 Å². The van der Waals surface area contributed by atoms with Crippen molar-refractivity contribution in [2.24, 2.45) is 5.92 Å². The van der Waals surface area contributed by atoms with E-state index < -0.39 is 5.92 Å². The summed E-state index contributed by atoms with van der Waals surface area (Å²) in [6, 6.07) is 9.87. The molecule has 0 aromatic heterocycles. The molecule has 1 aliphatic rings. The van der Waals surface area contributed by atoms with E-state index in [0.717, 1.165) is 16.8 Å². The Morgan fingerprint density at radius 2 is 1.84 bits per heavy atom. The van der Waals surface area contributed by atoms with Gasteiger partial charge >= 0.3 is 0 Å². The molecular formula is C19H22N4O2. The second kappa shape index (κ2) is 8.30. The van der Waals surface area contributed by atoms with E-state index in [2.05, 4.69) is 0 Å². The van der Waals surface area contributed by atoms with Crippen LogP contribution >= 0.6 is 0 Å². The zero-order valence-corrected chi connectivity index (χ0v) is 14.7. The topological polar surface area (TPSA) is 88.2 Å². The highest BCUT2D eigenvalue weighted by Gasteiger charge is 2.37. The first-order valence-corrected chi connectivity index (χ1v) is 8.38. The van der Waals surface area contributed by atoms with Crippen LogP contribution in [0.5, 0.6) is 0 Å². The summed E-state index contributed by atoms with van der Waals surface area (Å²) < 4.78 is 0. The van der Waals surface area contributed by atoms with Gasteiger partial charge in [-0.05, 0) is 37.1 Å². The van der Waals surface area contributed by atoms with Gasteiger partial charge in [0.2, 0.25) is 11.8 Å². The molecule has 0 radical (unpaired) electrons. The predicted molar refractivity (Wildman–Crippen MR) is 93.4 cm³/mol. The summed E-state index contributed by atoms with van der Waals surface area (Å²) in [5.41, 5.74) is 3.07. The zero-order chi connectivity index (χ0) is 18.4. The lowest BCUT2D eigenvalue weighted by molar-refractivity contribution is -0.135. The molecule has 0 saturated carbocycles. The van der Waals surface area contributed by atoms with Gasteiger partial charge in [-0.15, -0.1) is 0 Å². The molecule has 2 amide bonds. The number of hydrogen-bond donors (Lipinski definition) is 0. The average Bonchev–Trinajstić information content (AvgIpc) is 2.99. The third-order valence-corrected chi connectivity index (χ3v) is 4.58. The first-order chi connectivity index (χ1) is 12.0. The van der Waals surface area contributed by atoms with Gasteiger partial charge in [-0.3, -0.25) is 9.59 Å². The lowest BCUT2D eigenvalue weighted by Gasteiger charge is -2.24. The third kappa shape index (κ3) is 4.36. The number of carbonyl (C=O) groups is 2. The van der Waals surface area contributed by atoms with Gasteiger partial charge in [0.25, 0.3) is 0 Å². The molecule has 6 nitrogen and oxygen atoms in total. The average molecular weight is 338 g/mol. The predicted octanol–water partition coefficient (Wildman–Crippen LogP) is 2.31. The van der Waals surface area contributed by atoms with Crippen molar-refractivity contribution in [1.29, 1.82) is 10.5 Å². The summed E-state index contributed by atoms with van der Waals surface area (Å²) in [5.74, 6) is -0.640. The van der Waals surface area contributed by atoms with E-state index in [0.29, 0.717) is 19.6 Å². The molecule has 0 N–H and O–H groups in total. The minimum atomic E-state index is -0.425. The van der Waals surface area contributed by atoms with Crippen LogP contribution in [0, 0.1) is 42.4 Å². The van der Waals surface area contributed by atoms with Crippen molar-refractivity contribution in [2.75, 3.05) is 24.5 Å². The van der Waals surface area contributed by atoms with Gasteiger partial charge in [0, 0.05) is 31.7 Å².